The van der Waals surface area contributed by atoms with E-state index in [0.29, 0.717) is 17.3 Å². The molecule has 0 bridgehead atoms. The fourth-order valence-corrected chi connectivity index (χ4v) is 2.92. The van der Waals surface area contributed by atoms with E-state index in [4.69, 9.17) is 5.73 Å². The number of nitrogen functional groups attached to an aromatic ring is 1. The topological polar surface area (TPSA) is 49.6 Å². The number of anilines is 1. The Morgan fingerprint density at radius 2 is 2.10 bits per heavy atom. The molecule has 2 rings (SSSR count). The zero-order valence-corrected chi connectivity index (χ0v) is 12.7. The summed E-state index contributed by atoms with van der Waals surface area (Å²) in [5, 5.41) is 0. The number of benzene rings is 1. The summed E-state index contributed by atoms with van der Waals surface area (Å²) >= 11 is 0. The van der Waals surface area contributed by atoms with Gasteiger partial charge in [-0.1, -0.05) is 19.9 Å². The largest absolute Gasteiger partial charge is 0.398 e. The van der Waals surface area contributed by atoms with Gasteiger partial charge in [0.1, 0.15) is 0 Å². The number of rotatable bonds is 4. The summed E-state index contributed by atoms with van der Waals surface area (Å²) < 4.78 is 0. The Morgan fingerprint density at radius 1 is 1.40 bits per heavy atom. The van der Waals surface area contributed by atoms with Crippen molar-refractivity contribution in [3.05, 3.63) is 29.3 Å². The molecule has 4 nitrogen and oxygen atoms in total. The Labute approximate surface area is 121 Å². The second kappa shape index (κ2) is 6.27. The molecule has 4 heteroatoms. The van der Waals surface area contributed by atoms with Gasteiger partial charge in [-0.15, -0.1) is 0 Å². The summed E-state index contributed by atoms with van der Waals surface area (Å²) in [6.45, 7) is 10.1. The van der Waals surface area contributed by atoms with Crippen LogP contribution in [0.1, 0.15) is 36.2 Å². The van der Waals surface area contributed by atoms with Crippen molar-refractivity contribution in [1.29, 1.82) is 0 Å². The first kappa shape index (κ1) is 14.9. The Bertz CT molecular complexity index is 483. The van der Waals surface area contributed by atoms with Gasteiger partial charge in [-0.05, 0) is 44.1 Å². The second-order valence-electron chi connectivity index (χ2n) is 5.49. The van der Waals surface area contributed by atoms with E-state index in [1.54, 1.807) is 6.07 Å². The molecule has 0 aromatic heterocycles. The van der Waals surface area contributed by atoms with Crippen molar-refractivity contribution in [3.8, 4) is 0 Å². The first-order chi connectivity index (χ1) is 9.56. The number of nitrogens with zero attached hydrogens (tertiary/aromatic N) is 2. The molecule has 1 aliphatic heterocycles. The van der Waals surface area contributed by atoms with Gasteiger partial charge in [0.15, 0.2) is 0 Å². The number of carbonyl (C=O) groups excluding carboxylic acids is 1. The third-order valence-corrected chi connectivity index (χ3v) is 4.31. The van der Waals surface area contributed by atoms with Crippen LogP contribution in [0.3, 0.4) is 0 Å². The van der Waals surface area contributed by atoms with Crippen LogP contribution in [0.2, 0.25) is 0 Å². The van der Waals surface area contributed by atoms with Crippen molar-refractivity contribution >= 4 is 11.6 Å². The molecular weight excluding hydrogens is 250 g/mol. The molecule has 1 aliphatic rings. The first-order valence-electron chi connectivity index (χ1n) is 7.46. The second-order valence-corrected chi connectivity index (χ2v) is 5.49. The highest BCUT2D eigenvalue weighted by atomic mass is 16.2. The molecule has 1 saturated heterocycles. The van der Waals surface area contributed by atoms with Crippen LogP contribution in [0, 0.1) is 6.92 Å². The zero-order chi connectivity index (χ0) is 14.7. The fourth-order valence-electron chi connectivity index (χ4n) is 2.92. The number of likely N-dealkylation sites (N-methyl/N-ethyl adjacent to an activating group) is 1. The number of hydrogen-bond donors (Lipinski definition) is 1. The van der Waals surface area contributed by atoms with Crippen LogP contribution in [0.25, 0.3) is 0 Å². The molecule has 1 heterocycles. The van der Waals surface area contributed by atoms with E-state index in [1.807, 2.05) is 24.0 Å². The predicted molar refractivity (Wildman–Crippen MR) is 82.8 cm³/mol. The summed E-state index contributed by atoms with van der Waals surface area (Å²) in [6.07, 6.45) is 1.06. The standard InChI is InChI=1S/C16H25N3O/c1-4-18(5-2)14-8-9-19(11-14)16(20)13-7-6-12(3)15(17)10-13/h6-7,10,14H,4-5,8-9,11,17H2,1-3H3. The summed E-state index contributed by atoms with van der Waals surface area (Å²) in [5.74, 6) is 0.103. The van der Waals surface area contributed by atoms with Crippen molar-refractivity contribution in [3.63, 3.8) is 0 Å². The molecule has 1 aromatic rings. The van der Waals surface area contributed by atoms with Crippen molar-refractivity contribution in [2.45, 2.75) is 33.2 Å². The Balaban J connectivity index is 2.05. The number of hydrogen-bond acceptors (Lipinski definition) is 3. The smallest absolute Gasteiger partial charge is 0.253 e. The Morgan fingerprint density at radius 3 is 2.70 bits per heavy atom. The van der Waals surface area contributed by atoms with Gasteiger partial charge in [0.05, 0.1) is 0 Å². The molecule has 0 saturated carbocycles. The molecule has 1 unspecified atom stereocenters. The van der Waals surface area contributed by atoms with Crippen LogP contribution < -0.4 is 5.73 Å². The Hall–Kier alpha value is -1.55. The van der Waals surface area contributed by atoms with E-state index in [0.717, 1.165) is 38.2 Å². The maximum atomic E-state index is 12.5. The highest BCUT2D eigenvalue weighted by Crippen LogP contribution is 2.20. The zero-order valence-electron chi connectivity index (χ0n) is 12.7. The van der Waals surface area contributed by atoms with Crippen LogP contribution >= 0.6 is 0 Å². The third kappa shape index (κ3) is 2.96. The summed E-state index contributed by atoms with van der Waals surface area (Å²) in [5.41, 5.74) is 8.31. The van der Waals surface area contributed by atoms with Gasteiger partial charge in [-0.2, -0.15) is 0 Å². The minimum atomic E-state index is 0.103. The summed E-state index contributed by atoms with van der Waals surface area (Å²) in [4.78, 5) is 16.9. The van der Waals surface area contributed by atoms with E-state index in [2.05, 4.69) is 18.7 Å². The van der Waals surface area contributed by atoms with E-state index in [9.17, 15) is 4.79 Å². The minimum Gasteiger partial charge on any atom is -0.398 e. The quantitative estimate of drug-likeness (QED) is 0.856. The summed E-state index contributed by atoms with van der Waals surface area (Å²) in [6, 6.07) is 6.08. The van der Waals surface area contributed by atoms with Crippen LogP contribution in [-0.4, -0.2) is 47.9 Å². The SMILES string of the molecule is CCN(CC)C1CCN(C(=O)c2ccc(C)c(N)c2)C1. The van der Waals surface area contributed by atoms with Crippen LogP contribution in [-0.2, 0) is 0 Å². The van der Waals surface area contributed by atoms with Crippen molar-refractivity contribution < 1.29 is 4.79 Å². The molecule has 1 aromatic carbocycles. The highest BCUT2D eigenvalue weighted by molar-refractivity contribution is 5.95. The highest BCUT2D eigenvalue weighted by Gasteiger charge is 2.29. The molecule has 0 aliphatic carbocycles. The lowest BCUT2D eigenvalue weighted by atomic mass is 10.1. The lowest BCUT2D eigenvalue weighted by molar-refractivity contribution is 0.0778. The van der Waals surface area contributed by atoms with Gasteiger partial charge in [0.2, 0.25) is 0 Å². The van der Waals surface area contributed by atoms with E-state index in [1.165, 1.54) is 0 Å². The molecule has 0 radical (unpaired) electrons. The van der Waals surface area contributed by atoms with Crippen molar-refractivity contribution in [2.24, 2.45) is 0 Å². The number of aryl methyl sites for hydroxylation is 1. The number of amides is 1. The molecule has 1 fully saturated rings. The molecular formula is C16H25N3O. The number of carbonyl (C=O) groups is 1. The van der Waals surface area contributed by atoms with Gasteiger partial charge < -0.3 is 10.6 Å². The van der Waals surface area contributed by atoms with Crippen molar-refractivity contribution in [1.82, 2.24) is 9.80 Å². The molecule has 0 spiro atoms. The predicted octanol–water partition coefficient (Wildman–Crippen LogP) is 2.13. The average Bonchev–Trinajstić information content (AvgIpc) is 2.92. The molecule has 1 atom stereocenters. The van der Waals surface area contributed by atoms with E-state index < -0.39 is 0 Å². The maximum Gasteiger partial charge on any atom is 0.253 e. The van der Waals surface area contributed by atoms with Gasteiger partial charge in [-0.3, -0.25) is 9.69 Å². The van der Waals surface area contributed by atoms with Gasteiger partial charge in [0.25, 0.3) is 5.91 Å². The molecule has 2 N–H and O–H groups in total. The molecule has 1 amide bonds. The number of nitrogens with two attached hydrogens (primary N) is 1. The van der Waals surface area contributed by atoms with E-state index >= 15 is 0 Å². The van der Waals surface area contributed by atoms with Crippen LogP contribution in [0.5, 0.6) is 0 Å². The van der Waals surface area contributed by atoms with Gasteiger partial charge in [-0.25, -0.2) is 0 Å². The van der Waals surface area contributed by atoms with Crippen LogP contribution in [0.15, 0.2) is 18.2 Å². The maximum absolute atomic E-state index is 12.5. The fraction of sp³-hybridized carbons (Fsp3) is 0.562. The van der Waals surface area contributed by atoms with Gasteiger partial charge in [0, 0.05) is 30.4 Å². The van der Waals surface area contributed by atoms with Gasteiger partial charge >= 0.3 is 0 Å². The summed E-state index contributed by atoms with van der Waals surface area (Å²) in [7, 11) is 0. The first-order valence-corrected chi connectivity index (χ1v) is 7.46. The molecule has 110 valence electrons. The Kier molecular flexibility index (Phi) is 4.65. The normalized spacial score (nSPS) is 18.8. The monoisotopic (exact) mass is 275 g/mol. The molecule has 20 heavy (non-hydrogen) atoms. The van der Waals surface area contributed by atoms with Crippen molar-refractivity contribution in [2.75, 3.05) is 31.9 Å². The lowest BCUT2D eigenvalue weighted by Gasteiger charge is -2.26. The van der Waals surface area contributed by atoms with E-state index in [-0.39, 0.29) is 5.91 Å². The minimum absolute atomic E-state index is 0.103. The average molecular weight is 275 g/mol. The third-order valence-electron chi connectivity index (χ3n) is 4.31. The lowest BCUT2D eigenvalue weighted by Crippen LogP contribution is -2.38. The number of likely N-dealkylation sites (tertiary alicyclic amines) is 1. The van der Waals surface area contributed by atoms with Crippen LogP contribution in [0.4, 0.5) is 5.69 Å².